The number of hydrogen-bond acceptors (Lipinski definition) is 2. The summed E-state index contributed by atoms with van der Waals surface area (Å²) < 4.78 is 0. The van der Waals surface area contributed by atoms with E-state index in [1.807, 2.05) is 12.4 Å². The zero-order chi connectivity index (χ0) is 9.26. The summed E-state index contributed by atoms with van der Waals surface area (Å²) in [7, 11) is 0. The predicted molar refractivity (Wildman–Crippen MR) is 54.8 cm³/mol. The topological polar surface area (TPSA) is 16.1 Å². The maximum absolute atomic E-state index is 4.03. The third kappa shape index (κ3) is 1.53. The first-order valence-electron chi connectivity index (χ1n) is 4.95. The van der Waals surface area contributed by atoms with Gasteiger partial charge >= 0.3 is 0 Å². The Bertz CT molecular complexity index is 271. The highest BCUT2D eigenvalue weighted by atomic mass is 15.2. The molecule has 1 saturated heterocycles. The third-order valence-electron chi connectivity index (χ3n) is 3.13. The van der Waals surface area contributed by atoms with Gasteiger partial charge in [-0.2, -0.15) is 0 Å². The molecule has 2 unspecified atom stereocenters. The van der Waals surface area contributed by atoms with Gasteiger partial charge in [-0.25, -0.2) is 0 Å². The molecule has 2 nitrogen and oxygen atoms in total. The van der Waals surface area contributed by atoms with Crippen molar-refractivity contribution in [2.75, 3.05) is 11.4 Å². The van der Waals surface area contributed by atoms with Crippen LogP contribution in [0.1, 0.15) is 20.3 Å². The van der Waals surface area contributed by atoms with Crippen molar-refractivity contribution >= 4 is 5.69 Å². The molecule has 0 radical (unpaired) electrons. The van der Waals surface area contributed by atoms with E-state index in [-0.39, 0.29) is 0 Å². The molecule has 1 aliphatic heterocycles. The Hall–Kier alpha value is -1.05. The van der Waals surface area contributed by atoms with Gasteiger partial charge in [-0.3, -0.25) is 4.98 Å². The molecule has 1 aromatic heterocycles. The lowest BCUT2D eigenvalue weighted by Gasteiger charge is -2.25. The monoisotopic (exact) mass is 176 g/mol. The molecule has 1 aromatic rings. The summed E-state index contributed by atoms with van der Waals surface area (Å²) in [4.78, 5) is 6.50. The van der Waals surface area contributed by atoms with Crippen molar-refractivity contribution in [1.29, 1.82) is 0 Å². The molecule has 0 aromatic carbocycles. The molecule has 0 spiro atoms. The summed E-state index contributed by atoms with van der Waals surface area (Å²) in [5, 5.41) is 0. The fraction of sp³-hybridized carbons (Fsp3) is 0.545. The van der Waals surface area contributed by atoms with Gasteiger partial charge < -0.3 is 4.90 Å². The minimum atomic E-state index is 0.669. The lowest BCUT2D eigenvalue weighted by atomic mass is 10.1. The number of aromatic nitrogens is 1. The molecule has 1 aliphatic rings. The Morgan fingerprint density at radius 2 is 2.00 bits per heavy atom. The molecule has 2 atom stereocenters. The van der Waals surface area contributed by atoms with Crippen LogP contribution in [0.15, 0.2) is 24.5 Å². The van der Waals surface area contributed by atoms with Crippen molar-refractivity contribution in [3.8, 4) is 0 Å². The van der Waals surface area contributed by atoms with E-state index >= 15 is 0 Å². The first-order chi connectivity index (χ1) is 6.29. The Balaban J connectivity index is 2.19. The summed E-state index contributed by atoms with van der Waals surface area (Å²) in [5.74, 6) is 0.813. The maximum atomic E-state index is 4.03. The van der Waals surface area contributed by atoms with E-state index in [2.05, 4.69) is 35.9 Å². The Kier molecular flexibility index (Phi) is 2.21. The number of hydrogen-bond donors (Lipinski definition) is 0. The molecule has 1 fully saturated rings. The lowest BCUT2D eigenvalue weighted by Crippen LogP contribution is -2.28. The van der Waals surface area contributed by atoms with Crippen LogP contribution in [-0.2, 0) is 0 Å². The molecule has 2 heterocycles. The molecule has 2 heteroatoms. The molecule has 0 bridgehead atoms. The summed E-state index contributed by atoms with van der Waals surface area (Å²) in [5.41, 5.74) is 1.31. The van der Waals surface area contributed by atoms with Gasteiger partial charge in [0.25, 0.3) is 0 Å². The van der Waals surface area contributed by atoms with Crippen LogP contribution in [0.2, 0.25) is 0 Å². The quantitative estimate of drug-likeness (QED) is 0.652. The molecule has 0 N–H and O–H groups in total. The Morgan fingerprint density at radius 3 is 2.54 bits per heavy atom. The van der Waals surface area contributed by atoms with E-state index in [0.717, 1.165) is 5.92 Å². The van der Waals surface area contributed by atoms with Crippen molar-refractivity contribution in [3.63, 3.8) is 0 Å². The van der Waals surface area contributed by atoms with Crippen molar-refractivity contribution in [1.82, 2.24) is 4.98 Å². The first-order valence-corrected chi connectivity index (χ1v) is 4.95. The normalized spacial score (nSPS) is 28.0. The molecule has 70 valence electrons. The van der Waals surface area contributed by atoms with Gasteiger partial charge in [0.1, 0.15) is 0 Å². The van der Waals surface area contributed by atoms with E-state index in [0.29, 0.717) is 6.04 Å². The first kappa shape index (κ1) is 8.54. The second kappa shape index (κ2) is 3.36. The van der Waals surface area contributed by atoms with Crippen LogP contribution >= 0.6 is 0 Å². The molecule has 13 heavy (non-hydrogen) atoms. The van der Waals surface area contributed by atoms with Crippen molar-refractivity contribution < 1.29 is 0 Å². The van der Waals surface area contributed by atoms with Gasteiger partial charge in [-0.15, -0.1) is 0 Å². The summed E-state index contributed by atoms with van der Waals surface area (Å²) in [6.45, 7) is 5.82. The zero-order valence-electron chi connectivity index (χ0n) is 8.27. The van der Waals surface area contributed by atoms with E-state index in [1.54, 1.807) is 0 Å². The van der Waals surface area contributed by atoms with E-state index in [1.165, 1.54) is 18.7 Å². The lowest BCUT2D eigenvalue weighted by molar-refractivity contribution is 0.546. The molecule has 2 rings (SSSR count). The van der Waals surface area contributed by atoms with Crippen LogP contribution in [0.4, 0.5) is 5.69 Å². The van der Waals surface area contributed by atoms with E-state index in [9.17, 15) is 0 Å². The molecule has 0 aliphatic carbocycles. The maximum Gasteiger partial charge on any atom is 0.0399 e. The van der Waals surface area contributed by atoms with Crippen LogP contribution in [-0.4, -0.2) is 17.6 Å². The minimum absolute atomic E-state index is 0.669. The molecular formula is C11H16N2. The van der Waals surface area contributed by atoms with Gasteiger partial charge in [0.15, 0.2) is 0 Å². The SMILES string of the molecule is CC1CCN(c2ccncc2)C1C. The van der Waals surface area contributed by atoms with E-state index in [4.69, 9.17) is 0 Å². The number of nitrogens with zero attached hydrogens (tertiary/aromatic N) is 2. The van der Waals surface area contributed by atoms with Crippen LogP contribution in [0.3, 0.4) is 0 Å². The molecule has 0 amide bonds. The van der Waals surface area contributed by atoms with Gasteiger partial charge in [0.05, 0.1) is 0 Å². The van der Waals surface area contributed by atoms with Gasteiger partial charge in [-0.05, 0) is 31.4 Å². The fourth-order valence-electron chi connectivity index (χ4n) is 1.99. The van der Waals surface area contributed by atoms with Crippen LogP contribution in [0.25, 0.3) is 0 Å². The van der Waals surface area contributed by atoms with Crippen LogP contribution in [0, 0.1) is 5.92 Å². The number of pyridine rings is 1. The molecule has 0 saturated carbocycles. The third-order valence-corrected chi connectivity index (χ3v) is 3.13. The molecular weight excluding hydrogens is 160 g/mol. The van der Waals surface area contributed by atoms with Gasteiger partial charge in [-0.1, -0.05) is 6.92 Å². The summed E-state index contributed by atoms with van der Waals surface area (Å²) in [6.07, 6.45) is 5.04. The fourth-order valence-corrected chi connectivity index (χ4v) is 1.99. The van der Waals surface area contributed by atoms with Gasteiger partial charge in [0.2, 0.25) is 0 Å². The van der Waals surface area contributed by atoms with Crippen LogP contribution in [0.5, 0.6) is 0 Å². The average molecular weight is 176 g/mol. The van der Waals surface area contributed by atoms with Crippen LogP contribution < -0.4 is 4.90 Å². The highest BCUT2D eigenvalue weighted by Crippen LogP contribution is 2.28. The largest absolute Gasteiger partial charge is 0.368 e. The Labute approximate surface area is 79.6 Å². The summed E-state index contributed by atoms with van der Waals surface area (Å²) in [6, 6.07) is 4.85. The van der Waals surface area contributed by atoms with E-state index < -0.39 is 0 Å². The van der Waals surface area contributed by atoms with Crippen molar-refractivity contribution in [2.45, 2.75) is 26.3 Å². The highest BCUT2D eigenvalue weighted by Gasteiger charge is 2.26. The zero-order valence-corrected chi connectivity index (χ0v) is 8.27. The average Bonchev–Trinajstić information content (AvgIpc) is 2.49. The second-order valence-electron chi connectivity index (χ2n) is 3.91. The van der Waals surface area contributed by atoms with Crippen molar-refractivity contribution in [2.24, 2.45) is 5.92 Å². The Morgan fingerprint density at radius 1 is 1.31 bits per heavy atom. The number of anilines is 1. The van der Waals surface area contributed by atoms with Crippen molar-refractivity contribution in [3.05, 3.63) is 24.5 Å². The predicted octanol–water partition coefficient (Wildman–Crippen LogP) is 2.32. The second-order valence-corrected chi connectivity index (χ2v) is 3.91. The summed E-state index contributed by atoms with van der Waals surface area (Å²) >= 11 is 0. The number of rotatable bonds is 1. The van der Waals surface area contributed by atoms with Gasteiger partial charge in [0, 0.05) is 30.7 Å². The smallest absolute Gasteiger partial charge is 0.0399 e. The minimum Gasteiger partial charge on any atom is -0.368 e. The highest BCUT2D eigenvalue weighted by molar-refractivity contribution is 5.46. The standard InChI is InChI=1S/C11H16N2/c1-9-5-8-13(10(9)2)11-3-6-12-7-4-11/h3-4,6-7,9-10H,5,8H2,1-2H3.